The summed E-state index contributed by atoms with van der Waals surface area (Å²) < 4.78 is 0. The van der Waals surface area contributed by atoms with Crippen molar-refractivity contribution in [2.75, 3.05) is 5.32 Å². The van der Waals surface area contributed by atoms with Crippen molar-refractivity contribution in [3.63, 3.8) is 0 Å². The van der Waals surface area contributed by atoms with Crippen molar-refractivity contribution >= 4 is 28.4 Å². The summed E-state index contributed by atoms with van der Waals surface area (Å²) in [5, 5.41) is 6.49. The second-order valence-electron chi connectivity index (χ2n) is 5.33. The Morgan fingerprint density at radius 3 is 2.57 bits per heavy atom. The number of amides is 2. The molecule has 23 heavy (non-hydrogen) atoms. The average molecular weight is 307 g/mol. The van der Waals surface area contributed by atoms with Crippen LogP contribution in [0.3, 0.4) is 0 Å². The number of anilines is 1. The van der Waals surface area contributed by atoms with Crippen LogP contribution in [0.1, 0.15) is 23.0 Å². The number of H-pyrrole nitrogens is 1. The van der Waals surface area contributed by atoms with Crippen molar-refractivity contribution in [3.8, 4) is 0 Å². The fourth-order valence-electron chi connectivity index (χ4n) is 2.41. The first kappa shape index (κ1) is 14.8. The van der Waals surface area contributed by atoms with Crippen LogP contribution < -0.4 is 10.6 Å². The lowest BCUT2D eigenvalue weighted by atomic mass is 10.2. The van der Waals surface area contributed by atoms with Gasteiger partial charge in [-0.1, -0.05) is 30.3 Å². The van der Waals surface area contributed by atoms with Crippen molar-refractivity contribution in [1.82, 2.24) is 10.3 Å². The summed E-state index contributed by atoms with van der Waals surface area (Å²) in [6.07, 6.45) is 0. The summed E-state index contributed by atoms with van der Waals surface area (Å²) in [6, 6.07) is 17.0. The molecule has 0 saturated carbocycles. The van der Waals surface area contributed by atoms with Gasteiger partial charge in [-0.25, -0.2) is 0 Å². The molecular formula is C18H17N3O2. The van der Waals surface area contributed by atoms with E-state index in [4.69, 9.17) is 0 Å². The molecule has 3 rings (SSSR count). The second kappa shape index (κ2) is 6.36. The first-order valence-electron chi connectivity index (χ1n) is 7.34. The average Bonchev–Trinajstić information content (AvgIpc) is 2.96. The maximum atomic E-state index is 12.2. The number of carbonyl (C=O) groups is 2. The fourth-order valence-corrected chi connectivity index (χ4v) is 2.41. The smallest absolute Gasteiger partial charge is 0.267 e. The molecule has 0 unspecified atom stereocenters. The highest BCUT2D eigenvalue weighted by Gasteiger charge is 2.10. The number of hydrogen-bond acceptors (Lipinski definition) is 2. The molecule has 5 heteroatoms. The third-order valence-corrected chi connectivity index (χ3v) is 3.48. The van der Waals surface area contributed by atoms with Gasteiger partial charge in [0.2, 0.25) is 5.91 Å². The van der Waals surface area contributed by atoms with Crippen molar-refractivity contribution < 1.29 is 9.59 Å². The Labute approximate surface area is 133 Å². The van der Waals surface area contributed by atoms with Gasteiger partial charge in [0.1, 0.15) is 5.69 Å². The van der Waals surface area contributed by atoms with Crippen molar-refractivity contribution in [2.45, 2.75) is 13.5 Å². The minimum atomic E-state index is -0.161. The maximum Gasteiger partial charge on any atom is 0.267 e. The lowest BCUT2D eigenvalue weighted by molar-refractivity contribution is -0.114. The van der Waals surface area contributed by atoms with Gasteiger partial charge in [-0.3, -0.25) is 9.59 Å². The summed E-state index contributed by atoms with van der Waals surface area (Å²) in [5.41, 5.74) is 3.10. The molecule has 5 nitrogen and oxygen atoms in total. The molecule has 3 aromatic rings. The van der Waals surface area contributed by atoms with Crippen LogP contribution in [0.5, 0.6) is 0 Å². The van der Waals surface area contributed by atoms with Crippen LogP contribution in [0, 0.1) is 0 Å². The minimum absolute atomic E-state index is 0.124. The van der Waals surface area contributed by atoms with E-state index in [0.717, 1.165) is 16.5 Å². The Kier molecular flexibility index (Phi) is 4.10. The first-order valence-corrected chi connectivity index (χ1v) is 7.34. The number of aromatic nitrogens is 1. The minimum Gasteiger partial charge on any atom is -0.351 e. The van der Waals surface area contributed by atoms with Crippen molar-refractivity contribution in [3.05, 3.63) is 65.9 Å². The number of aromatic amines is 1. The molecule has 0 radical (unpaired) electrons. The zero-order valence-electron chi connectivity index (χ0n) is 12.7. The highest BCUT2D eigenvalue weighted by Crippen LogP contribution is 2.20. The molecule has 3 N–H and O–H groups in total. The molecule has 1 aromatic heterocycles. The predicted molar refractivity (Wildman–Crippen MR) is 90.2 cm³/mol. The lowest BCUT2D eigenvalue weighted by Gasteiger charge is -2.03. The lowest BCUT2D eigenvalue weighted by Crippen LogP contribution is -2.22. The van der Waals surface area contributed by atoms with Crippen LogP contribution in [0.4, 0.5) is 5.69 Å². The summed E-state index contributed by atoms with van der Waals surface area (Å²) in [4.78, 5) is 26.4. The van der Waals surface area contributed by atoms with Crippen LogP contribution in [-0.2, 0) is 11.3 Å². The van der Waals surface area contributed by atoms with E-state index in [1.165, 1.54) is 6.92 Å². The largest absolute Gasteiger partial charge is 0.351 e. The third kappa shape index (κ3) is 3.58. The fraction of sp³-hybridized carbons (Fsp3) is 0.111. The molecule has 1 heterocycles. The Morgan fingerprint density at radius 1 is 1.04 bits per heavy atom. The summed E-state index contributed by atoms with van der Waals surface area (Å²) in [6.45, 7) is 1.94. The van der Waals surface area contributed by atoms with Gasteiger partial charge < -0.3 is 15.6 Å². The molecule has 2 amide bonds. The molecule has 0 aliphatic rings. The highest BCUT2D eigenvalue weighted by atomic mass is 16.2. The standard InChI is InChI=1S/C18H17N3O2/c1-12(22)20-15-7-8-16-14(9-15)10-17(21-16)18(23)19-11-13-5-3-2-4-6-13/h2-10,21H,11H2,1H3,(H,19,23)(H,20,22). The Hall–Kier alpha value is -3.08. The van der Waals surface area contributed by atoms with Gasteiger partial charge >= 0.3 is 0 Å². The van der Waals surface area contributed by atoms with E-state index in [9.17, 15) is 9.59 Å². The first-order chi connectivity index (χ1) is 11.1. The zero-order valence-corrected chi connectivity index (χ0v) is 12.7. The molecule has 0 fully saturated rings. The number of benzene rings is 2. The topological polar surface area (TPSA) is 74.0 Å². The molecule has 0 spiro atoms. The summed E-state index contributed by atoms with van der Waals surface area (Å²) in [5.74, 6) is -0.285. The third-order valence-electron chi connectivity index (χ3n) is 3.48. The van der Waals surface area contributed by atoms with Crippen molar-refractivity contribution in [1.29, 1.82) is 0 Å². The molecule has 0 saturated heterocycles. The van der Waals surface area contributed by atoms with Crippen LogP contribution in [-0.4, -0.2) is 16.8 Å². The Morgan fingerprint density at radius 2 is 1.83 bits per heavy atom. The zero-order chi connectivity index (χ0) is 16.2. The van der Waals surface area contributed by atoms with Gasteiger partial charge in [-0.15, -0.1) is 0 Å². The van der Waals surface area contributed by atoms with E-state index in [-0.39, 0.29) is 11.8 Å². The molecule has 0 atom stereocenters. The van der Waals surface area contributed by atoms with Crippen LogP contribution >= 0.6 is 0 Å². The molecule has 0 aliphatic heterocycles. The van der Waals surface area contributed by atoms with Crippen LogP contribution in [0.25, 0.3) is 10.9 Å². The van der Waals surface area contributed by atoms with E-state index >= 15 is 0 Å². The number of hydrogen-bond donors (Lipinski definition) is 3. The van der Waals surface area contributed by atoms with E-state index in [2.05, 4.69) is 15.6 Å². The van der Waals surface area contributed by atoms with Gasteiger partial charge in [0.15, 0.2) is 0 Å². The number of nitrogens with one attached hydrogen (secondary N) is 3. The highest BCUT2D eigenvalue weighted by molar-refractivity contribution is 5.99. The number of fused-ring (bicyclic) bond motifs is 1. The maximum absolute atomic E-state index is 12.2. The molecule has 116 valence electrons. The van der Waals surface area contributed by atoms with Crippen molar-refractivity contribution in [2.24, 2.45) is 0 Å². The van der Waals surface area contributed by atoms with Gasteiger partial charge in [0, 0.05) is 30.1 Å². The van der Waals surface area contributed by atoms with Gasteiger partial charge in [0.25, 0.3) is 5.91 Å². The molecule has 0 aliphatic carbocycles. The van der Waals surface area contributed by atoms with Gasteiger partial charge in [0.05, 0.1) is 0 Å². The SMILES string of the molecule is CC(=O)Nc1ccc2[nH]c(C(=O)NCc3ccccc3)cc2c1. The molecule has 0 bridgehead atoms. The van der Waals surface area contributed by atoms with E-state index < -0.39 is 0 Å². The van der Waals surface area contributed by atoms with E-state index in [1.54, 1.807) is 12.1 Å². The van der Waals surface area contributed by atoms with Crippen LogP contribution in [0.2, 0.25) is 0 Å². The Bertz CT molecular complexity index is 853. The monoisotopic (exact) mass is 307 g/mol. The second-order valence-corrected chi connectivity index (χ2v) is 5.33. The summed E-state index contributed by atoms with van der Waals surface area (Å²) >= 11 is 0. The van der Waals surface area contributed by atoms with E-state index in [1.807, 2.05) is 42.5 Å². The van der Waals surface area contributed by atoms with Gasteiger partial charge in [-0.2, -0.15) is 0 Å². The Balaban J connectivity index is 1.74. The quantitative estimate of drug-likeness (QED) is 0.693. The number of rotatable bonds is 4. The molecular weight excluding hydrogens is 290 g/mol. The molecule has 2 aromatic carbocycles. The normalized spacial score (nSPS) is 10.5. The van der Waals surface area contributed by atoms with Gasteiger partial charge in [-0.05, 0) is 29.8 Å². The van der Waals surface area contributed by atoms with Crippen LogP contribution in [0.15, 0.2) is 54.6 Å². The summed E-state index contributed by atoms with van der Waals surface area (Å²) in [7, 11) is 0. The van der Waals surface area contributed by atoms with E-state index in [0.29, 0.717) is 17.9 Å². The predicted octanol–water partition coefficient (Wildman–Crippen LogP) is 3.06. The number of carbonyl (C=O) groups excluding carboxylic acids is 2.